The molecule has 2 heteroatoms. The van der Waals surface area contributed by atoms with Crippen LogP contribution in [0.3, 0.4) is 0 Å². The minimum atomic E-state index is 0.191. The van der Waals surface area contributed by atoms with Crippen LogP contribution >= 0.6 is 0 Å². The average Bonchev–Trinajstić information content (AvgIpc) is 2.61. The third-order valence-corrected chi connectivity index (χ3v) is 4.65. The van der Waals surface area contributed by atoms with Crippen molar-refractivity contribution in [2.45, 2.75) is 78.8 Å². The van der Waals surface area contributed by atoms with Crippen molar-refractivity contribution in [1.82, 2.24) is 5.32 Å². The highest BCUT2D eigenvalue weighted by atomic mass is 15.0. The van der Waals surface area contributed by atoms with Gasteiger partial charge in [-0.05, 0) is 82.9 Å². The standard InChI is InChI=1S/C20H34N2/c1-15(2)22-18-10-9-17(12-19(3,4)14-18)16-8-7-11-21-20(5,6)13-16/h9-10,12,15-16,21H,7-8,11,13-14H2,1-6H3. The maximum absolute atomic E-state index is 4.80. The summed E-state index contributed by atoms with van der Waals surface area (Å²) in [6.07, 6.45) is 12.0. The first kappa shape index (κ1) is 17.5. The van der Waals surface area contributed by atoms with Gasteiger partial charge < -0.3 is 5.32 Å². The Balaban J connectivity index is 2.26. The van der Waals surface area contributed by atoms with Crippen LogP contribution in [0.1, 0.15) is 67.2 Å². The van der Waals surface area contributed by atoms with Gasteiger partial charge >= 0.3 is 0 Å². The number of aliphatic imine (C=N–C) groups is 1. The zero-order valence-corrected chi connectivity index (χ0v) is 15.4. The van der Waals surface area contributed by atoms with Crippen LogP contribution in [-0.2, 0) is 0 Å². The van der Waals surface area contributed by atoms with Crippen LogP contribution in [0.15, 0.2) is 28.8 Å². The molecule has 1 saturated heterocycles. The molecule has 1 unspecified atom stereocenters. The maximum atomic E-state index is 4.80. The molecule has 1 aliphatic heterocycles. The molecule has 1 aliphatic carbocycles. The van der Waals surface area contributed by atoms with Crippen molar-refractivity contribution in [2.24, 2.45) is 16.3 Å². The molecule has 1 N–H and O–H groups in total. The van der Waals surface area contributed by atoms with Crippen LogP contribution in [0.4, 0.5) is 0 Å². The molecule has 0 aromatic carbocycles. The first-order valence-electron chi connectivity index (χ1n) is 8.89. The lowest BCUT2D eigenvalue weighted by Gasteiger charge is -2.29. The second-order valence-electron chi connectivity index (χ2n) is 8.71. The average molecular weight is 303 g/mol. The Morgan fingerprint density at radius 2 is 1.91 bits per heavy atom. The molecule has 1 heterocycles. The number of allylic oxidation sites excluding steroid dienone is 4. The van der Waals surface area contributed by atoms with Gasteiger partial charge in [0.1, 0.15) is 0 Å². The fourth-order valence-corrected chi connectivity index (χ4v) is 3.79. The van der Waals surface area contributed by atoms with Gasteiger partial charge in [-0.1, -0.05) is 26.0 Å². The van der Waals surface area contributed by atoms with Crippen molar-refractivity contribution >= 4 is 5.71 Å². The van der Waals surface area contributed by atoms with E-state index in [-0.39, 0.29) is 11.0 Å². The fourth-order valence-electron chi connectivity index (χ4n) is 3.79. The van der Waals surface area contributed by atoms with E-state index in [1.807, 2.05) is 0 Å². The summed E-state index contributed by atoms with van der Waals surface area (Å²) in [5, 5.41) is 3.69. The zero-order chi connectivity index (χ0) is 16.4. The quantitative estimate of drug-likeness (QED) is 0.769. The Morgan fingerprint density at radius 3 is 2.59 bits per heavy atom. The van der Waals surface area contributed by atoms with Crippen LogP contribution < -0.4 is 5.32 Å². The van der Waals surface area contributed by atoms with E-state index in [2.05, 4.69) is 65.1 Å². The van der Waals surface area contributed by atoms with Gasteiger partial charge in [-0.2, -0.15) is 0 Å². The first-order valence-corrected chi connectivity index (χ1v) is 8.89. The van der Waals surface area contributed by atoms with Crippen molar-refractivity contribution in [3.05, 3.63) is 23.8 Å². The molecule has 1 atom stereocenters. The lowest BCUT2D eigenvalue weighted by Crippen LogP contribution is -2.39. The summed E-state index contributed by atoms with van der Waals surface area (Å²) < 4.78 is 0. The van der Waals surface area contributed by atoms with Crippen LogP contribution in [0.25, 0.3) is 0 Å². The molecular weight excluding hydrogens is 268 g/mol. The summed E-state index contributed by atoms with van der Waals surface area (Å²) in [6.45, 7) is 14.8. The minimum Gasteiger partial charge on any atom is -0.312 e. The third kappa shape index (κ3) is 5.08. The van der Waals surface area contributed by atoms with Crippen molar-refractivity contribution < 1.29 is 0 Å². The van der Waals surface area contributed by atoms with E-state index in [9.17, 15) is 0 Å². The minimum absolute atomic E-state index is 0.191. The Bertz CT molecular complexity index is 478. The second-order valence-corrected chi connectivity index (χ2v) is 8.71. The highest BCUT2D eigenvalue weighted by Crippen LogP contribution is 2.36. The highest BCUT2D eigenvalue weighted by Gasteiger charge is 2.29. The molecule has 2 rings (SSSR count). The Kier molecular flexibility index (Phi) is 5.32. The van der Waals surface area contributed by atoms with E-state index in [1.165, 1.54) is 30.5 Å². The molecular formula is C20H34N2. The topological polar surface area (TPSA) is 24.4 Å². The summed E-state index contributed by atoms with van der Waals surface area (Å²) >= 11 is 0. The summed E-state index contributed by atoms with van der Waals surface area (Å²) in [5.41, 5.74) is 3.20. The van der Waals surface area contributed by atoms with Crippen molar-refractivity contribution in [1.29, 1.82) is 0 Å². The normalized spacial score (nSPS) is 30.0. The number of hydrogen-bond donors (Lipinski definition) is 1. The van der Waals surface area contributed by atoms with E-state index in [4.69, 9.17) is 4.99 Å². The number of nitrogens with one attached hydrogen (secondary N) is 1. The smallest absolute Gasteiger partial charge is 0.0446 e. The number of rotatable bonds is 2. The molecule has 0 aromatic rings. The molecule has 0 radical (unpaired) electrons. The van der Waals surface area contributed by atoms with Gasteiger partial charge in [0.05, 0.1) is 0 Å². The number of nitrogens with zero attached hydrogens (tertiary/aromatic N) is 1. The van der Waals surface area contributed by atoms with Crippen LogP contribution in [0.5, 0.6) is 0 Å². The molecule has 0 bridgehead atoms. The molecule has 22 heavy (non-hydrogen) atoms. The molecule has 2 aliphatic rings. The van der Waals surface area contributed by atoms with Crippen LogP contribution in [-0.4, -0.2) is 23.8 Å². The summed E-state index contributed by atoms with van der Waals surface area (Å²) in [5.74, 6) is 0.666. The molecule has 2 nitrogen and oxygen atoms in total. The van der Waals surface area contributed by atoms with Crippen LogP contribution in [0, 0.1) is 11.3 Å². The van der Waals surface area contributed by atoms with E-state index in [1.54, 1.807) is 0 Å². The van der Waals surface area contributed by atoms with Gasteiger partial charge in [-0.3, -0.25) is 4.99 Å². The molecule has 0 spiro atoms. The van der Waals surface area contributed by atoms with E-state index < -0.39 is 0 Å². The summed E-state index contributed by atoms with van der Waals surface area (Å²) in [6, 6.07) is 0.373. The van der Waals surface area contributed by atoms with Crippen LogP contribution in [0.2, 0.25) is 0 Å². The van der Waals surface area contributed by atoms with Crippen molar-refractivity contribution in [2.75, 3.05) is 6.54 Å². The predicted octanol–water partition coefficient (Wildman–Crippen LogP) is 4.92. The maximum Gasteiger partial charge on any atom is 0.0446 e. The van der Waals surface area contributed by atoms with Gasteiger partial charge in [0.25, 0.3) is 0 Å². The molecule has 0 amide bonds. The SMILES string of the molecule is CC(C)N=C1C=CC(C2CCCNC(C)(C)C2)=CC(C)(C)C1. The lowest BCUT2D eigenvalue weighted by molar-refractivity contribution is 0.349. The summed E-state index contributed by atoms with van der Waals surface area (Å²) in [7, 11) is 0. The van der Waals surface area contributed by atoms with Gasteiger partial charge in [-0.25, -0.2) is 0 Å². The molecule has 0 saturated carbocycles. The molecule has 124 valence electrons. The third-order valence-electron chi connectivity index (χ3n) is 4.65. The molecule has 1 fully saturated rings. The first-order chi connectivity index (χ1) is 10.2. The predicted molar refractivity (Wildman–Crippen MR) is 97.6 cm³/mol. The highest BCUT2D eigenvalue weighted by molar-refractivity contribution is 5.96. The fraction of sp³-hybridized carbons (Fsp3) is 0.750. The Morgan fingerprint density at radius 1 is 1.18 bits per heavy atom. The Hall–Kier alpha value is -0.890. The second kappa shape index (κ2) is 6.70. The van der Waals surface area contributed by atoms with Crippen molar-refractivity contribution in [3.8, 4) is 0 Å². The summed E-state index contributed by atoms with van der Waals surface area (Å²) in [4.78, 5) is 4.80. The van der Waals surface area contributed by atoms with Gasteiger partial charge in [0.2, 0.25) is 0 Å². The lowest BCUT2D eigenvalue weighted by atomic mass is 9.80. The Labute approximate surface area is 137 Å². The monoisotopic (exact) mass is 302 g/mol. The van der Waals surface area contributed by atoms with E-state index >= 15 is 0 Å². The van der Waals surface area contributed by atoms with Crippen molar-refractivity contribution in [3.63, 3.8) is 0 Å². The zero-order valence-electron chi connectivity index (χ0n) is 15.4. The van der Waals surface area contributed by atoms with Gasteiger partial charge in [-0.15, -0.1) is 0 Å². The van der Waals surface area contributed by atoms with Gasteiger partial charge in [0, 0.05) is 17.3 Å². The van der Waals surface area contributed by atoms with E-state index in [0.717, 1.165) is 13.0 Å². The largest absolute Gasteiger partial charge is 0.312 e. The molecule has 0 aromatic heterocycles. The van der Waals surface area contributed by atoms with Gasteiger partial charge in [0.15, 0.2) is 0 Å². The van der Waals surface area contributed by atoms with E-state index in [0.29, 0.717) is 12.0 Å². The number of hydrogen-bond acceptors (Lipinski definition) is 2.